The number of unbranched alkanes of at least 4 members (excludes halogenated alkanes) is 57. The second-order valence-corrected chi connectivity index (χ2v) is 24.9. The van der Waals surface area contributed by atoms with Gasteiger partial charge in [0, 0.05) is 12.8 Å². The molecule has 0 spiro atoms. The molecule has 78 heavy (non-hydrogen) atoms. The van der Waals surface area contributed by atoms with Gasteiger partial charge in [-0.05, 0) is 32.1 Å². The zero-order valence-corrected chi connectivity index (χ0v) is 53.2. The van der Waals surface area contributed by atoms with Gasteiger partial charge in [0.25, 0.3) is 0 Å². The molecule has 2 atom stereocenters. The highest BCUT2D eigenvalue weighted by molar-refractivity contribution is 5.76. The number of aliphatic hydroxyl groups excluding tert-OH is 2. The number of amides is 1. The van der Waals surface area contributed by atoms with Crippen LogP contribution in [0.1, 0.15) is 412 Å². The lowest BCUT2D eigenvalue weighted by molar-refractivity contribution is -0.143. The Morgan fingerprint density at radius 2 is 0.590 bits per heavy atom. The molecular formula is C72H141NO5. The van der Waals surface area contributed by atoms with Gasteiger partial charge in [0.2, 0.25) is 5.91 Å². The van der Waals surface area contributed by atoms with Crippen molar-refractivity contribution in [3.8, 4) is 0 Å². The first-order valence-corrected chi connectivity index (χ1v) is 36.0. The van der Waals surface area contributed by atoms with E-state index in [0.717, 1.165) is 38.5 Å². The third kappa shape index (κ3) is 63.8. The predicted octanol–water partition coefficient (Wildman–Crippen LogP) is 23.1. The number of ether oxygens (including phenoxy) is 1. The van der Waals surface area contributed by atoms with Gasteiger partial charge in [-0.25, -0.2) is 0 Å². The van der Waals surface area contributed by atoms with E-state index in [1.165, 1.54) is 347 Å². The Morgan fingerprint density at radius 3 is 0.872 bits per heavy atom. The SMILES string of the molecule is CCCCCCCCCCCCCCCCCC/C=C/C(O)C(CO)NC(=O)CCCCCCCCCCCCCCCCCCCCCCCCCCCCCCOC(=O)CCCCCCCCCCCCCCCCC. The number of nitrogens with one attached hydrogen (secondary N) is 1. The Bertz CT molecular complexity index is 1180. The quantitative estimate of drug-likeness (QED) is 0.0320. The monoisotopic (exact) mass is 1100 g/mol. The summed E-state index contributed by atoms with van der Waals surface area (Å²) in [5, 5.41) is 23.2. The van der Waals surface area contributed by atoms with Crippen LogP contribution < -0.4 is 5.32 Å². The third-order valence-corrected chi connectivity index (χ3v) is 17.1. The molecule has 2 unspecified atom stereocenters. The second-order valence-electron chi connectivity index (χ2n) is 24.9. The number of esters is 1. The van der Waals surface area contributed by atoms with Crippen LogP contribution in [-0.4, -0.2) is 47.4 Å². The number of allylic oxidation sites excluding steroid dienone is 1. The van der Waals surface area contributed by atoms with Gasteiger partial charge in [0.05, 0.1) is 25.4 Å². The summed E-state index contributed by atoms with van der Waals surface area (Å²) in [4.78, 5) is 24.6. The van der Waals surface area contributed by atoms with Crippen molar-refractivity contribution in [2.24, 2.45) is 0 Å². The third-order valence-electron chi connectivity index (χ3n) is 17.1. The van der Waals surface area contributed by atoms with Crippen LogP contribution in [0.2, 0.25) is 0 Å². The number of hydrogen-bond donors (Lipinski definition) is 3. The number of carbonyl (C=O) groups excluding carboxylic acids is 2. The predicted molar refractivity (Wildman–Crippen MR) is 343 cm³/mol. The topological polar surface area (TPSA) is 95.9 Å². The Labute approximate surface area is 489 Å². The molecular weight excluding hydrogens is 959 g/mol. The maximum absolute atomic E-state index is 12.5. The average Bonchev–Trinajstić information content (AvgIpc) is 3.44. The van der Waals surface area contributed by atoms with Gasteiger partial charge in [0.15, 0.2) is 0 Å². The van der Waals surface area contributed by atoms with Crippen LogP contribution in [0.5, 0.6) is 0 Å². The Balaban J connectivity index is 3.35. The van der Waals surface area contributed by atoms with Gasteiger partial charge in [-0.3, -0.25) is 9.59 Å². The number of hydrogen-bond acceptors (Lipinski definition) is 5. The minimum atomic E-state index is -0.842. The molecule has 0 bridgehead atoms. The fourth-order valence-electron chi connectivity index (χ4n) is 11.6. The molecule has 0 aromatic heterocycles. The van der Waals surface area contributed by atoms with Crippen molar-refractivity contribution in [2.45, 2.75) is 424 Å². The highest BCUT2D eigenvalue weighted by atomic mass is 16.5. The van der Waals surface area contributed by atoms with Crippen molar-refractivity contribution < 1.29 is 24.5 Å². The zero-order chi connectivity index (χ0) is 56.4. The van der Waals surface area contributed by atoms with E-state index in [1.807, 2.05) is 6.08 Å². The van der Waals surface area contributed by atoms with E-state index >= 15 is 0 Å². The minimum Gasteiger partial charge on any atom is -0.466 e. The van der Waals surface area contributed by atoms with Crippen LogP contribution in [0.4, 0.5) is 0 Å². The smallest absolute Gasteiger partial charge is 0.305 e. The summed E-state index contributed by atoms with van der Waals surface area (Å²) in [5.74, 6) is -0.0384. The lowest BCUT2D eigenvalue weighted by Crippen LogP contribution is -2.45. The molecule has 464 valence electrons. The highest BCUT2D eigenvalue weighted by Crippen LogP contribution is 2.19. The van der Waals surface area contributed by atoms with Gasteiger partial charge in [0.1, 0.15) is 0 Å². The average molecular weight is 1100 g/mol. The molecule has 0 aliphatic heterocycles. The molecule has 1 amide bonds. The lowest BCUT2D eigenvalue weighted by atomic mass is 10.0. The van der Waals surface area contributed by atoms with Crippen molar-refractivity contribution >= 4 is 11.9 Å². The fourth-order valence-corrected chi connectivity index (χ4v) is 11.6. The number of aliphatic hydroxyl groups is 2. The summed E-state index contributed by atoms with van der Waals surface area (Å²) in [6.07, 6.45) is 84.4. The van der Waals surface area contributed by atoms with Crippen LogP contribution >= 0.6 is 0 Å². The first-order valence-electron chi connectivity index (χ1n) is 36.0. The molecule has 0 saturated carbocycles. The van der Waals surface area contributed by atoms with Gasteiger partial charge in [-0.1, -0.05) is 379 Å². The van der Waals surface area contributed by atoms with E-state index < -0.39 is 12.1 Å². The van der Waals surface area contributed by atoms with Crippen LogP contribution in [-0.2, 0) is 14.3 Å². The van der Waals surface area contributed by atoms with Crippen molar-refractivity contribution in [3.05, 3.63) is 12.2 Å². The Morgan fingerprint density at radius 1 is 0.346 bits per heavy atom. The number of carbonyl (C=O) groups is 2. The molecule has 0 fully saturated rings. The Hall–Kier alpha value is -1.40. The molecule has 0 rings (SSSR count). The van der Waals surface area contributed by atoms with Gasteiger partial charge < -0.3 is 20.3 Å². The van der Waals surface area contributed by atoms with Crippen molar-refractivity contribution in [1.29, 1.82) is 0 Å². The van der Waals surface area contributed by atoms with Crippen LogP contribution in [0.25, 0.3) is 0 Å². The van der Waals surface area contributed by atoms with E-state index in [2.05, 4.69) is 19.2 Å². The van der Waals surface area contributed by atoms with Crippen LogP contribution in [0.15, 0.2) is 12.2 Å². The molecule has 0 aliphatic carbocycles. The summed E-state index contributed by atoms with van der Waals surface area (Å²) >= 11 is 0. The van der Waals surface area contributed by atoms with Gasteiger partial charge in [-0.2, -0.15) is 0 Å². The first-order chi connectivity index (χ1) is 38.5. The molecule has 0 heterocycles. The lowest BCUT2D eigenvalue weighted by Gasteiger charge is -2.20. The van der Waals surface area contributed by atoms with Crippen molar-refractivity contribution in [2.75, 3.05) is 13.2 Å². The van der Waals surface area contributed by atoms with Gasteiger partial charge >= 0.3 is 5.97 Å². The highest BCUT2D eigenvalue weighted by Gasteiger charge is 2.18. The fraction of sp³-hybridized carbons (Fsp3) is 0.944. The molecule has 6 nitrogen and oxygen atoms in total. The molecule has 0 aromatic carbocycles. The number of rotatable bonds is 68. The second kappa shape index (κ2) is 68.1. The maximum atomic E-state index is 12.5. The summed E-state index contributed by atoms with van der Waals surface area (Å²) in [5.41, 5.74) is 0. The van der Waals surface area contributed by atoms with Crippen molar-refractivity contribution in [3.63, 3.8) is 0 Å². The summed E-state index contributed by atoms with van der Waals surface area (Å²) in [7, 11) is 0. The molecule has 0 aromatic rings. The maximum Gasteiger partial charge on any atom is 0.305 e. The van der Waals surface area contributed by atoms with E-state index in [4.69, 9.17) is 4.74 Å². The summed E-state index contributed by atoms with van der Waals surface area (Å²) in [6, 6.07) is -0.625. The summed E-state index contributed by atoms with van der Waals surface area (Å²) in [6.45, 7) is 4.95. The van der Waals surface area contributed by atoms with E-state index in [-0.39, 0.29) is 18.5 Å². The molecule has 6 heteroatoms. The molecule has 0 aliphatic rings. The van der Waals surface area contributed by atoms with Crippen molar-refractivity contribution in [1.82, 2.24) is 5.32 Å². The Kier molecular flexibility index (Phi) is 66.9. The molecule has 0 saturated heterocycles. The molecule has 3 N–H and O–H groups in total. The minimum absolute atomic E-state index is 0.0224. The van der Waals surface area contributed by atoms with E-state index in [1.54, 1.807) is 6.08 Å². The molecule has 0 radical (unpaired) electrons. The summed E-state index contributed by atoms with van der Waals surface area (Å²) < 4.78 is 5.50. The van der Waals surface area contributed by atoms with E-state index in [9.17, 15) is 19.8 Å². The van der Waals surface area contributed by atoms with E-state index in [0.29, 0.717) is 19.4 Å². The van der Waals surface area contributed by atoms with Crippen LogP contribution in [0, 0.1) is 0 Å². The van der Waals surface area contributed by atoms with Crippen LogP contribution in [0.3, 0.4) is 0 Å². The normalized spacial score (nSPS) is 12.5. The first kappa shape index (κ1) is 76.6. The standard InChI is InChI=1S/C72H141NO5/c1-3-5-7-9-11-13-15-17-19-20-33-37-40-44-48-52-56-60-64-70(75)69(68-74)73-71(76)65-61-57-53-49-45-41-38-34-31-29-27-25-23-21-22-24-26-28-30-32-35-39-43-47-51-55-59-63-67-78-72(77)66-62-58-54-50-46-42-36-18-16-14-12-10-8-6-4-2/h60,64,69-70,74-75H,3-59,61-63,65-68H2,1-2H3,(H,73,76)/b64-60+. The van der Waals surface area contributed by atoms with Gasteiger partial charge in [-0.15, -0.1) is 0 Å². The largest absolute Gasteiger partial charge is 0.466 e. The zero-order valence-electron chi connectivity index (χ0n) is 53.2.